The van der Waals surface area contributed by atoms with Gasteiger partial charge in [0.15, 0.2) is 23.1 Å². The first kappa shape index (κ1) is 24.9. The van der Waals surface area contributed by atoms with Crippen molar-refractivity contribution < 1.29 is 32.8 Å². The number of β-amino-alcohol motifs (C(OH)–C–C–N with tert-alkyl or cyclic N) is 1. The Hall–Kier alpha value is -3.21. The van der Waals surface area contributed by atoms with Gasteiger partial charge in [0.2, 0.25) is 0 Å². The van der Waals surface area contributed by atoms with Crippen LogP contribution in [0.5, 0.6) is 17.2 Å². The van der Waals surface area contributed by atoms with E-state index >= 15 is 0 Å². The van der Waals surface area contributed by atoms with Crippen molar-refractivity contribution >= 4 is 0 Å². The summed E-state index contributed by atoms with van der Waals surface area (Å²) in [7, 11) is 1.59. The lowest BCUT2D eigenvalue weighted by Crippen LogP contribution is -2.48. The number of imidazole rings is 1. The van der Waals surface area contributed by atoms with Gasteiger partial charge in [0.1, 0.15) is 24.6 Å². The number of rotatable bonds is 10. The van der Waals surface area contributed by atoms with Crippen molar-refractivity contribution in [2.75, 3.05) is 46.6 Å². The Morgan fingerprint density at radius 3 is 2.77 bits per heavy atom. The molecule has 0 radical (unpaired) electrons. The van der Waals surface area contributed by atoms with Gasteiger partial charge in [-0.1, -0.05) is 6.07 Å². The quantitative estimate of drug-likeness (QED) is 0.469. The van der Waals surface area contributed by atoms with Crippen molar-refractivity contribution in [1.82, 2.24) is 14.5 Å². The zero-order chi connectivity index (χ0) is 24.7. The second-order valence-electron chi connectivity index (χ2n) is 8.49. The number of nitrogens with zero attached hydrogens (tertiary/aromatic N) is 3. The Kier molecular flexibility index (Phi) is 8.17. The standard InChI is InChI=1S/C25H29F2N3O5/c1-32-23-5-2-19(12-24(23)34-11-9-29-7-6-28-18-29)14-30-8-10-33-16-25(31,15-30)17-35-20-3-4-21(26)22(27)13-20/h2-7,12-13,18,31H,8-11,14-17H2,1H3/t25-/m1/s1. The van der Waals surface area contributed by atoms with E-state index < -0.39 is 17.2 Å². The van der Waals surface area contributed by atoms with Crippen LogP contribution >= 0.6 is 0 Å². The third-order valence-electron chi connectivity index (χ3n) is 5.64. The Morgan fingerprint density at radius 1 is 1.11 bits per heavy atom. The van der Waals surface area contributed by atoms with Crippen LogP contribution in [0.1, 0.15) is 5.56 Å². The molecule has 1 fully saturated rings. The van der Waals surface area contributed by atoms with Gasteiger partial charge < -0.3 is 28.6 Å². The maximum atomic E-state index is 13.5. The van der Waals surface area contributed by atoms with Gasteiger partial charge in [0.05, 0.1) is 33.2 Å². The molecule has 2 heterocycles. The molecule has 0 aliphatic carbocycles. The fraction of sp³-hybridized carbons (Fsp3) is 0.400. The maximum absolute atomic E-state index is 13.5. The number of halogens is 2. The molecule has 0 bridgehead atoms. The Labute approximate surface area is 202 Å². The highest BCUT2D eigenvalue weighted by Crippen LogP contribution is 2.29. The second-order valence-corrected chi connectivity index (χ2v) is 8.49. The van der Waals surface area contributed by atoms with Gasteiger partial charge in [0.25, 0.3) is 0 Å². The molecule has 188 valence electrons. The molecule has 0 spiro atoms. The number of methoxy groups -OCH3 is 1. The fourth-order valence-corrected chi connectivity index (χ4v) is 3.87. The van der Waals surface area contributed by atoms with Gasteiger partial charge in [-0.05, 0) is 29.8 Å². The first-order valence-electron chi connectivity index (χ1n) is 11.3. The highest BCUT2D eigenvalue weighted by Gasteiger charge is 2.33. The molecular weight excluding hydrogens is 460 g/mol. The van der Waals surface area contributed by atoms with Crippen LogP contribution < -0.4 is 14.2 Å². The Bertz CT molecular complexity index is 1100. The van der Waals surface area contributed by atoms with Gasteiger partial charge >= 0.3 is 0 Å². The normalized spacial score (nSPS) is 18.7. The minimum Gasteiger partial charge on any atom is -0.493 e. The van der Waals surface area contributed by atoms with Gasteiger partial charge in [-0.2, -0.15) is 0 Å². The summed E-state index contributed by atoms with van der Waals surface area (Å²) in [5.74, 6) is -0.552. The smallest absolute Gasteiger partial charge is 0.162 e. The van der Waals surface area contributed by atoms with Crippen molar-refractivity contribution in [2.45, 2.75) is 18.7 Å². The van der Waals surface area contributed by atoms with Crippen LogP contribution in [0, 0.1) is 11.6 Å². The molecule has 1 aliphatic heterocycles. The van der Waals surface area contributed by atoms with E-state index in [-0.39, 0.29) is 25.5 Å². The van der Waals surface area contributed by atoms with E-state index in [1.54, 1.807) is 19.6 Å². The second kappa shape index (κ2) is 11.5. The average Bonchev–Trinajstić information content (AvgIpc) is 3.29. The minimum atomic E-state index is -1.32. The number of hydrogen-bond donors (Lipinski definition) is 1. The number of aliphatic hydroxyl groups is 1. The molecule has 10 heteroatoms. The predicted molar refractivity (Wildman–Crippen MR) is 124 cm³/mol. The van der Waals surface area contributed by atoms with Gasteiger partial charge in [-0.15, -0.1) is 0 Å². The summed E-state index contributed by atoms with van der Waals surface area (Å²) in [6.07, 6.45) is 5.32. The average molecular weight is 490 g/mol. The number of hydrogen-bond acceptors (Lipinski definition) is 7. The Morgan fingerprint density at radius 2 is 2.00 bits per heavy atom. The van der Waals surface area contributed by atoms with Crippen LogP contribution in [0.2, 0.25) is 0 Å². The van der Waals surface area contributed by atoms with Crippen molar-refractivity contribution in [2.24, 2.45) is 0 Å². The summed E-state index contributed by atoms with van der Waals surface area (Å²) in [6.45, 7) is 2.92. The monoisotopic (exact) mass is 489 g/mol. The molecule has 1 atom stereocenters. The van der Waals surface area contributed by atoms with Crippen LogP contribution in [0.15, 0.2) is 55.1 Å². The molecule has 2 aromatic carbocycles. The highest BCUT2D eigenvalue weighted by molar-refractivity contribution is 5.43. The summed E-state index contributed by atoms with van der Waals surface area (Å²) < 4.78 is 51.1. The largest absolute Gasteiger partial charge is 0.493 e. The summed E-state index contributed by atoms with van der Waals surface area (Å²) in [4.78, 5) is 6.08. The van der Waals surface area contributed by atoms with Crippen LogP contribution in [0.4, 0.5) is 8.78 Å². The lowest BCUT2D eigenvalue weighted by atomic mass is 10.1. The third kappa shape index (κ3) is 6.91. The molecule has 35 heavy (non-hydrogen) atoms. The fourth-order valence-electron chi connectivity index (χ4n) is 3.87. The highest BCUT2D eigenvalue weighted by atomic mass is 19.2. The third-order valence-corrected chi connectivity index (χ3v) is 5.64. The molecule has 1 N–H and O–H groups in total. The number of aromatic nitrogens is 2. The van der Waals surface area contributed by atoms with Gasteiger partial charge in [0, 0.05) is 38.1 Å². The number of benzene rings is 2. The molecule has 0 saturated carbocycles. The summed E-state index contributed by atoms with van der Waals surface area (Å²) in [5.41, 5.74) is -0.341. The zero-order valence-corrected chi connectivity index (χ0v) is 19.5. The minimum absolute atomic E-state index is 0.0679. The van der Waals surface area contributed by atoms with E-state index in [2.05, 4.69) is 9.88 Å². The summed E-state index contributed by atoms with van der Waals surface area (Å²) in [5, 5.41) is 11.1. The first-order chi connectivity index (χ1) is 16.9. The maximum Gasteiger partial charge on any atom is 0.162 e. The van der Waals surface area contributed by atoms with Crippen LogP contribution in [-0.4, -0.2) is 71.8 Å². The van der Waals surface area contributed by atoms with E-state index in [0.717, 1.165) is 17.7 Å². The van der Waals surface area contributed by atoms with Crippen molar-refractivity contribution in [3.8, 4) is 17.2 Å². The Balaban J connectivity index is 1.38. The van der Waals surface area contributed by atoms with E-state index in [1.807, 2.05) is 29.0 Å². The van der Waals surface area contributed by atoms with E-state index in [4.69, 9.17) is 18.9 Å². The molecule has 1 aliphatic rings. The molecular formula is C25H29F2N3O5. The van der Waals surface area contributed by atoms with E-state index in [0.29, 0.717) is 44.3 Å². The first-order valence-corrected chi connectivity index (χ1v) is 11.3. The lowest BCUT2D eigenvalue weighted by Gasteiger charge is -2.30. The molecule has 1 saturated heterocycles. The van der Waals surface area contributed by atoms with Crippen molar-refractivity contribution in [3.63, 3.8) is 0 Å². The summed E-state index contributed by atoms with van der Waals surface area (Å²) in [6, 6.07) is 9.00. The molecule has 0 amide bonds. The SMILES string of the molecule is COc1ccc(CN2CCOC[C@@](O)(COc3ccc(F)c(F)c3)C2)cc1OCCn1ccnc1. The van der Waals surface area contributed by atoms with Gasteiger partial charge in [-0.25, -0.2) is 13.8 Å². The predicted octanol–water partition coefficient (Wildman–Crippen LogP) is 2.89. The van der Waals surface area contributed by atoms with Gasteiger partial charge in [-0.3, -0.25) is 4.90 Å². The number of ether oxygens (including phenoxy) is 4. The topological polar surface area (TPSA) is 78.2 Å². The molecule has 3 aromatic rings. The molecule has 1 aromatic heterocycles. The van der Waals surface area contributed by atoms with Crippen LogP contribution in [0.25, 0.3) is 0 Å². The van der Waals surface area contributed by atoms with Crippen molar-refractivity contribution in [1.29, 1.82) is 0 Å². The summed E-state index contributed by atoms with van der Waals surface area (Å²) >= 11 is 0. The van der Waals surface area contributed by atoms with E-state index in [9.17, 15) is 13.9 Å². The van der Waals surface area contributed by atoms with Crippen LogP contribution in [0.3, 0.4) is 0 Å². The van der Waals surface area contributed by atoms with Crippen molar-refractivity contribution in [3.05, 3.63) is 72.3 Å². The molecule has 0 unspecified atom stereocenters. The molecule has 8 nitrogen and oxygen atoms in total. The zero-order valence-electron chi connectivity index (χ0n) is 19.5. The lowest BCUT2D eigenvalue weighted by molar-refractivity contribution is -0.0647. The van der Waals surface area contributed by atoms with Crippen LogP contribution in [-0.2, 0) is 17.8 Å². The molecule has 4 rings (SSSR count). The van der Waals surface area contributed by atoms with E-state index in [1.165, 1.54) is 6.07 Å².